The Morgan fingerprint density at radius 2 is 1.07 bits per heavy atom. The maximum absolute atomic E-state index is 13.0. The minimum absolute atomic E-state index is 0.183. The van der Waals surface area contributed by atoms with E-state index in [9.17, 15) is 9.59 Å². The zero-order valence-corrected chi connectivity index (χ0v) is 15.6. The molecule has 0 atom stereocenters. The van der Waals surface area contributed by atoms with Crippen LogP contribution in [0.1, 0.15) is 27.6 Å². The minimum Gasteiger partial charge on any atom is -0.495 e. The summed E-state index contributed by atoms with van der Waals surface area (Å²) in [4.78, 5) is 24.9. The summed E-state index contributed by atoms with van der Waals surface area (Å²) in [6.07, 6.45) is 0. The van der Waals surface area contributed by atoms with Gasteiger partial charge >= 0.3 is 5.97 Å². The van der Waals surface area contributed by atoms with Crippen LogP contribution in [0, 0.1) is 0 Å². The second-order valence-electron chi connectivity index (χ2n) is 6.44. The number of rotatable bonds is 4. The lowest BCUT2D eigenvalue weighted by atomic mass is 10.0. The summed E-state index contributed by atoms with van der Waals surface area (Å²) in [7, 11) is 1.63. The number of carbonyl (C=O) groups excluding carboxylic acids is 2. The van der Waals surface area contributed by atoms with Crippen LogP contribution in [0.5, 0.6) is 11.5 Å². The average Bonchev–Trinajstić information content (AvgIpc) is 2.73. The van der Waals surface area contributed by atoms with E-state index in [-0.39, 0.29) is 11.3 Å². The molecule has 4 heteroatoms. The van der Waals surface area contributed by atoms with Gasteiger partial charge in [0.25, 0.3) is 0 Å². The van der Waals surface area contributed by atoms with Crippen molar-refractivity contribution in [2.45, 2.75) is 6.92 Å². The molecule has 4 rings (SSSR count). The van der Waals surface area contributed by atoms with Crippen molar-refractivity contribution in [2.24, 2.45) is 0 Å². The molecular formula is C24H18O4. The first-order chi connectivity index (χ1) is 13.6. The Balaban J connectivity index is 1.94. The maximum Gasteiger partial charge on any atom is 0.344 e. The van der Waals surface area contributed by atoms with Gasteiger partial charge in [0.1, 0.15) is 11.5 Å². The molecule has 0 saturated carbocycles. The van der Waals surface area contributed by atoms with Crippen LogP contribution in [0.2, 0.25) is 0 Å². The summed E-state index contributed by atoms with van der Waals surface area (Å²) in [6, 6.07) is 21.9. The van der Waals surface area contributed by atoms with E-state index in [1.165, 1.54) is 6.92 Å². The standard InChI is InChI=1S/C24H18O4/c1-15(25)16-9-3-8-14-21(16)24(26)28-23-19-12-6-4-10-17(19)22(27-2)18-11-5-7-13-20(18)23/h3-14H,1-2H3. The highest BCUT2D eigenvalue weighted by Crippen LogP contribution is 2.42. The Hall–Kier alpha value is -3.66. The van der Waals surface area contributed by atoms with Crippen molar-refractivity contribution < 1.29 is 19.1 Å². The monoisotopic (exact) mass is 370 g/mol. The molecular weight excluding hydrogens is 352 g/mol. The third kappa shape index (κ3) is 2.89. The van der Waals surface area contributed by atoms with Gasteiger partial charge in [-0.3, -0.25) is 4.79 Å². The number of Topliss-reactive ketones (excluding diaryl/α,β-unsaturated/α-hetero) is 1. The molecule has 0 heterocycles. The van der Waals surface area contributed by atoms with Gasteiger partial charge in [0, 0.05) is 27.1 Å². The van der Waals surface area contributed by atoms with Crippen LogP contribution in [0.15, 0.2) is 72.8 Å². The van der Waals surface area contributed by atoms with Crippen molar-refractivity contribution in [3.63, 3.8) is 0 Å². The van der Waals surface area contributed by atoms with Gasteiger partial charge in [0.2, 0.25) is 0 Å². The van der Waals surface area contributed by atoms with Gasteiger partial charge in [-0.2, -0.15) is 0 Å². The smallest absolute Gasteiger partial charge is 0.344 e. The molecule has 4 aromatic rings. The molecule has 4 nitrogen and oxygen atoms in total. The molecule has 0 bridgehead atoms. The third-order valence-corrected chi connectivity index (χ3v) is 4.76. The lowest BCUT2D eigenvalue weighted by molar-refractivity contribution is 0.0734. The van der Waals surface area contributed by atoms with Gasteiger partial charge in [-0.15, -0.1) is 0 Å². The second kappa shape index (κ2) is 7.16. The summed E-state index contributed by atoms with van der Waals surface area (Å²) in [5.74, 6) is 0.439. The van der Waals surface area contributed by atoms with Crippen LogP contribution in [0.4, 0.5) is 0 Å². The van der Waals surface area contributed by atoms with Gasteiger partial charge in [-0.1, -0.05) is 66.7 Å². The van der Waals surface area contributed by atoms with Gasteiger partial charge < -0.3 is 9.47 Å². The zero-order valence-electron chi connectivity index (χ0n) is 15.6. The fraction of sp³-hybridized carbons (Fsp3) is 0.0833. The molecule has 0 aliphatic heterocycles. The largest absolute Gasteiger partial charge is 0.495 e. The Morgan fingerprint density at radius 3 is 1.54 bits per heavy atom. The number of hydrogen-bond acceptors (Lipinski definition) is 4. The van der Waals surface area contributed by atoms with Crippen LogP contribution in [-0.2, 0) is 0 Å². The van der Waals surface area contributed by atoms with Crippen LogP contribution in [-0.4, -0.2) is 18.9 Å². The highest BCUT2D eigenvalue weighted by molar-refractivity contribution is 6.13. The molecule has 138 valence electrons. The topological polar surface area (TPSA) is 52.6 Å². The van der Waals surface area contributed by atoms with Crippen LogP contribution in [0.3, 0.4) is 0 Å². The van der Waals surface area contributed by atoms with E-state index in [4.69, 9.17) is 9.47 Å². The fourth-order valence-electron chi connectivity index (χ4n) is 3.49. The Kier molecular flexibility index (Phi) is 4.53. The number of ether oxygens (including phenoxy) is 2. The van der Waals surface area contributed by atoms with E-state index in [0.29, 0.717) is 11.3 Å². The third-order valence-electron chi connectivity index (χ3n) is 4.76. The predicted molar refractivity (Wildman–Crippen MR) is 109 cm³/mol. The lowest BCUT2D eigenvalue weighted by Crippen LogP contribution is -2.13. The van der Waals surface area contributed by atoms with Gasteiger partial charge in [0.15, 0.2) is 5.78 Å². The van der Waals surface area contributed by atoms with E-state index < -0.39 is 5.97 Å². The Morgan fingerprint density at radius 1 is 0.643 bits per heavy atom. The molecule has 0 aliphatic rings. The molecule has 0 radical (unpaired) electrons. The maximum atomic E-state index is 13.0. The molecule has 0 fully saturated rings. The Labute approximate surface area is 162 Å². The van der Waals surface area contributed by atoms with Gasteiger partial charge in [-0.05, 0) is 13.0 Å². The van der Waals surface area contributed by atoms with Gasteiger partial charge in [0.05, 0.1) is 12.7 Å². The zero-order chi connectivity index (χ0) is 19.7. The molecule has 4 aromatic carbocycles. The summed E-state index contributed by atoms with van der Waals surface area (Å²) < 4.78 is 11.5. The lowest BCUT2D eigenvalue weighted by Gasteiger charge is -2.16. The summed E-state index contributed by atoms with van der Waals surface area (Å²) in [5.41, 5.74) is 0.591. The average molecular weight is 370 g/mol. The molecule has 0 N–H and O–H groups in total. The van der Waals surface area contributed by atoms with E-state index in [1.807, 2.05) is 48.5 Å². The molecule has 0 unspecified atom stereocenters. The quantitative estimate of drug-likeness (QED) is 0.208. The van der Waals surface area contributed by atoms with Crippen LogP contribution in [0.25, 0.3) is 21.5 Å². The van der Waals surface area contributed by atoms with Crippen molar-refractivity contribution in [3.8, 4) is 11.5 Å². The number of hydrogen-bond donors (Lipinski definition) is 0. The van der Waals surface area contributed by atoms with E-state index in [1.54, 1.807) is 31.4 Å². The highest BCUT2D eigenvalue weighted by Gasteiger charge is 2.20. The van der Waals surface area contributed by atoms with Crippen molar-refractivity contribution in [1.29, 1.82) is 0 Å². The predicted octanol–water partition coefficient (Wildman–Crippen LogP) is 5.42. The van der Waals surface area contributed by atoms with Crippen molar-refractivity contribution >= 4 is 33.3 Å². The minimum atomic E-state index is -0.564. The first kappa shape index (κ1) is 17.7. The van der Waals surface area contributed by atoms with E-state index in [2.05, 4.69) is 0 Å². The number of carbonyl (C=O) groups is 2. The fourth-order valence-corrected chi connectivity index (χ4v) is 3.49. The van der Waals surface area contributed by atoms with Crippen molar-refractivity contribution in [3.05, 3.63) is 83.9 Å². The first-order valence-electron chi connectivity index (χ1n) is 8.91. The highest BCUT2D eigenvalue weighted by atomic mass is 16.5. The number of methoxy groups -OCH3 is 1. The first-order valence-corrected chi connectivity index (χ1v) is 8.91. The summed E-state index contributed by atoms with van der Waals surface area (Å²) in [5, 5.41) is 3.25. The molecule has 0 aromatic heterocycles. The molecule has 0 spiro atoms. The number of fused-ring (bicyclic) bond motifs is 2. The van der Waals surface area contributed by atoms with Crippen molar-refractivity contribution in [2.75, 3.05) is 7.11 Å². The van der Waals surface area contributed by atoms with Crippen LogP contribution < -0.4 is 9.47 Å². The summed E-state index contributed by atoms with van der Waals surface area (Å²) >= 11 is 0. The number of benzene rings is 4. The Bertz CT molecular complexity index is 1170. The van der Waals surface area contributed by atoms with Crippen LogP contribution >= 0.6 is 0 Å². The molecule has 0 saturated heterocycles. The summed E-state index contributed by atoms with van der Waals surface area (Å²) in [6.45, 7) is 1.43. The molecule has 0 amide bonds. The second-order valence-corrected chi connectivity index (χ2v) is 6.44. The molecule has 0 aliphatic carbocycles. The van der Waals surface area contributed by atoms with Gasteiger partial charge in [-0.25, -0.2) is 4.79 Å². The van der Waals surface area contributed by atoms with E-state index >= 15 is 0 Å². The van der Waals surface area contributed by atoms with E-state index in [0.717, 1.165) is 27.3 Å². The van der Waals surface area contributed by atoms with Crippen molar-refractivity contribution in [1.82, 2.24) is 0 Å². The SMILES string of the molecule is COc1c2ccccc2c(OC(=O)c2ccccc2C(C)=O)c2ccccc12. The normalized spacial score (nSPS) is 10.8. The number of ketones is 1. The molecule has 28 heavy (non-hydrogen) atoms. The number of esters is 1.